The Balaban J connectivity index is 2.62. The maximum absolute atomic E-state index is 11.1. The topological polar surface area (TPSA) is 56.2 Å². The fraction of sp³-hybridized carbons (Fsp3) is 0.778. The Morgan fingerprint density at radius 1 is 1.54 bits per heavy atom. The van der Waals surface area contributed by atoms with Crippen LogP contribution in [0.2, 0.25) is 0 Å². The number of piperazine rings is 1. The van der Waals surface area contributed by atoms with Crippen LogP contribution in [-0.4, -0.2) is 36.3 Å². The molecule has 1 fully saturated rings. The van der Waals surface area contributed by atoms with Gasteiger partial charge in [0.15, 0.2) is 0 Å². The van der Waals surface area contributed by atoms with Gasteiger partial charge in [0.25, 0.3) is 0 Å². The third-order valence-electron chi connectivity index (χ3n) is 2.06. The zero-order valence-electron chi connectivity index (χ0n) is 8.48. The fourth-order valence-electron chi connectivity index (χ4n) is 1.30. The predicted molar refractivity (Wildman–Crippen MR) is 51.8 cm³/mol. The largest absolute Gasteiger partial charge is 0.353 e. The number of nitrogens with one attached hydrogen (secondary N) is 2. The lowest BCUT2D eigenvalue weighted by atomic mass is 9.94. The van der Waals surface area contributed by atoms with Crippen LogP contribution in [0.15, 0.2) is 0 Å². The quantitative estimate of drug-likeness (QED) is 0.423. The van der Waals surface area contributed by atoms with Crippen LogP contribution in [0.25, 0.3) is 0 Å². The molecule has 0 radical (unpaired) electrons. The lowest BCUT2D eigenvalue weighted by molar-refractivity contribution is -0.122. The van der Waals surface area contributed by atoms with Gasteiger partial charge in [-0.1, -0.05) is 20.8 Å². The molecule has 2 N–H and O–H groups in total. The van der Waals surface area contributed by atoms with Gasteiger partial charge in [0, 0.05) is 18.5 Å². The van der Waals surface area contributed by atoms with Crippen molar-refractivity contribution in [3.63, 3.8) is 0 Å². The van der Waals surface area contributed by atoms with Gasteiger partial charge in [-0.15, -0.1) is 0 Å². The zero-order valence-corrected chi connectivity index (χ0v) is 8.48. The van der Waals surface area contributed by atoms with Crippen LogP contribution in [0.5, 0.6) is 0 Å². The van der Waals surface area contributed by atoms with Crippen molar-refractivity contribution in [2.75, 3.05) is 19.6 Å². The molecule has 1 aliphatic rings. The molecule has 13 heavy (non-hydrogen) atoms. The minimum atomic E-state index is -0.169. The second-order valence-corrected chi connectivity index (χ2v) is 4.37. The average Bonchev–Trinajstić information content (AvgIpc) is 2.01. The van der Waals surface area contributed by atoms with E-state index in [1.54, 1.807) is 0 Å². The van der Waals surface area contributed by atoms with Crippen LogP contribution in [0.3, 0.4) is 0 Å². The van der Waals surface area contributed by atoms with Crippen molar-refractivity contribution in [2.24, 2.45) is 5.41 Å². The van der Waals surface area contributed by atoms with Gasteiger partial charge in [0.05, 0.1) is 6.54 Å². The third kappa shape index (κ3) is 2.44. The number of hydrogen-bond acceptors (Lipinski definition) is 2. The number of amidine groups is 1. The molecule has 1 rings (SSSR count). The lowest BCUT2D eigenvalue weighted by Crippen LogP contribution is -2.52. The molecule has 0 saturated carbocycles. The maximum atomic E-state index is 11.1. The van der Waals surface area contributed by atoms with Gasteiger partial charge < -0.3 is 10.2 Å². The number of carbonyl (C=O) groups is 1. The van der Waals surface area contributed by atoms with Crippen molar-refractivity contribution in [2.45, 2.75) is 20.8 Å². The van der Waals surface area contributed by atoms with E-state index in [9.17, 15) is 4.79 Å². The molecule has 1 saturated heterocycles. The van der Waals surface area contributed by atoms with Gasteiger partial charge in [-0.25, -0.2) is 0 Å². The molecule has 0 unspecified atom stereocenters. The van der Waals surface area contributed by atoms with E-state index in [0.29, 0.717) is 18.9 Å². The number of amides is 1. The molecule has 0 aromatic carbocycles. The zero-order chi connectivity index (χ0) is 10.1. The van der Waals surface area contributed by atoms with E-state index >= 15 is 0 Å². The van der Waals surface area contributed by atoms with Crippen LogP contribution in [0.1, 0.15) is 20.8 Å². The highest BCUT2D eigenvalue weighted by Gasteiger charge is 2.26. The second-order valence-electron chi connectivity index (χ2n) is 4.37. The molecule has 4 heteroatoms. The molecule has 0 bridgehead atoms. The van der Waals surface area contributed by atoms with Crippen LogP contribution >= 0.6 is 0 Å². The summed E-state index contributed by atoms with van der Waals surface area (Å²) in [6.07, 6.45) is 0. The summed E-state index contributed by atoms with van der Waals surface area (Å²) < 4.78 is 0. The Kier molecular flexibility index (Phi) is 2.59. The first kappa shape index (κ1) is 10.0. The summed E-state index contributed by atoms with van der Waals surface area (Å²) in [4.78, 5) is 12.9. The molecule has 1 heterocycles. The third-order valence-corrected chi connectivity index (χ3v) is 2.06. The predicted octanol–water partition coefficient (Wildman–Crippen LogP) is 0.442. The molecule has 1 aliphatic heterocycles. The highest BCUT2D eigenvalue weighted by Crippen LogP contribution is 2.17. The van der Waals surface area contributed by atoms with Crippen LogP contribution < -0.4 is 5.32 Å². The van der Waals surface area contributed by atoms with Crippen molar-refractivity contribution >= 4 is 11.7 Å². The van der Waals surface area contributed by atoms with Crippen LogP contribution in [-0.2, 0) is 4.79 Å². The summed E-state index contributed by atoms with van der Waals surface area (Å²) in [5, 5.41) is 10.6. The Labute approximate surface area is 78.8 Å². The van der Waals surface area contributed by atoms with Crippen LogP contribution in [0.4, 0.5) is 0 Å². The summed E-state index contributed by atoms with van der Waals surface area (Å²) in [5.41, 5.74) is -0.169. The lowest BCUT2D eigenvalue weighted by Gasteiger charge is -2.34. The van der Waals surface area contributed by atoms with Gasteiger partial charge in [0.1, 0.15) is 5.84 Å². The van der Waals surface area contributed by atoms with E-state index < -0.39 is 0 Å². The van der Waals surface area contributed by atoms with Crippen molar-refractivity contribution in [1.82, 2.24) is 10.2 Å². The Morgan fingerprint density at radius 3 is 2.62 bits per heavy atom. The molecular formula is C9H17N3O. The molecule has 0 aliphatic carbocycles. The van der Waals surface area contributed by atoms with Crippen LogP contribution in [0, 0.1) is 10.8 Å². The maximum Gasteiger partial charge on any atom is 0.239 e. The Bertz CT molecular complexity index is 230. The van der Waals surface area contributed by atoms with Crippen molar-refractivity contribution in [1.29, 1.82) is 5.41 Å². The average molecular weight is 183 g/mol. The SMILES string of the molecule is CC(C)(C)C(=N)N1CCNC(=O)C1. The highest BCUT2D eigenvalue weighted by molar-refractivity contribution is 5.89. The molecular weight excluding hydrogens is 166 g/mol. The monoisotopic (exact) mass is 183 g/mol. The van der Waals surface area contributed by atoms with Crippen molar-refractivity contribution in [3.05, 3.63) is 0 Å². The van der Waals surface area contributed by atoms with Crippen molar-refractivity contribution in [3.8, 4) is 0 Å². The molecule has 74 valence electrons. The minimum Gasteiger partial charge on any atom is -0.353 e. The fourth-order valence-corrected chi connectivity index (χ4v) is 1.30. The van der Waals surface area contributed by atoms with E-state index in [1.165, 1.54) is 0 Å². The first-order valence-corrected chi connectivity index (χ1v) is 4.52. The van der Waals surface area contributed by atoms with Gasteiger partial charge in [-0.3, -0.25) is 10.2 Å². The molecule has 0 aromatic heterocycles. The van der Waals surface area contributed by atoms with E-state index in [2.05, 4.69) is 5.32 Å². The molecule has 1 amide bonds. The first-order chi connectivity index (χ1) is 5.91. The standard InChI is InChI=1S/C9H17N3O/c1-9(2,3)8(10)12-5-4-11-7(13)6-12/h10H,4-6H2,1-3H3,(H,11,13). The van der Waals surface area contributed by atoms with E-state index in [4.69, 9.17) is 5.41 Å². The summed E-state index contributed by atoms with van der Waals surface area (Å²) >= 11 is 0. The van der Waals surface area contributed by atoms with E-state index in [0.717, 1.165) is 6.54 Å². The van der Waals surface area contributed by atoms with Gasteiger partial charge in [0.2, 0.25) is 5.91 Å². The number of nitrogens with zero attached hydrogens (tertiary/aromatic N) is 1. The Morgan fingerprint density at radius 2 is 2.15 bits per heavy atom. The van der Waals surface area contributed by atoms with Gasteiger partial charge >= 0.3 is 0 Å². The molecule has 0 aromatic rings. The van der Waals surface area contributed by atoms with Gasteiger partial charge in [-0.05, 0) is 0 Å². The van der Waals surface area contributed by atoms with Crippen molar-refractivity contribution < 1.29 is 4.79 Å². The van der Waals surface area contributed by atoms with E-state index in [1.807, 2.05) is 25.7 Å². The Hall–Kier alpha value is -1.06. The highest BCUT2D eigenvalue weighted by atomic mass is 16.2. The summed E-state index contributed by atoms with van der Waals surface area (Å²) in [6, 6.07) is 0. The van der Waals surface area contributed by atoms with E-state index in [-0.39, 0.29) is 11.3 Å². The first-order valence-electron chi connectivity index (χ1n) is 4.52. The molecule has 4 nitrogen and oxygen atoms in total. The van der Waals surface area contributed by atoms with Gasteiger partial charge in [-0.2, -0.15) is 0 Å². The summed E-state index contributed by atoms with van der Waals surface area (Å²) in [7, 11) is 0. The second kappa shape index (κ2) is 3.36. The number of rotatable bonds is 0. The minimum absolute atomic E-state index is 0.0141. The summed E-state index contributed by atoms with van der Waals surface area (Å²) in [6.45, 7) is 7.70. The molecule has 0 atom stereocenters. The number of carbonyl (C=O) groups excluding carboxylic acids is 1. The summed E-state index contributed by atoms with van der Waals surface area (Å²) in [5.74, 6) is 0.558. The normalized spacial score (nSPS) is 18.4. The smallest absolute Gasteiger partial charge is 0.239 e. The number of hydrogen-bond donors (Lipinski definition) is 2. The molecule has 0 spiro atoms.